The summed E-state index contributed by atoms with van der Waals surface area (Å²) in [6.45, 7) is 0. The third-order valence-electron chi connectivity index (χ3n) is 0.927. The van der Waals surface area contributed by atoms with E-state index in [0.29, 0.717) is 0 Å². The predicted octanol–water partition coefficient (Wildman–Crippen LogP) is 1.18. The van der Waals surface area contributed by atoms with Gasteiger partial charge in [0.1, 0.15) is 0 Å². The number of hydrogen-bond donors (Lipinski definition) is 1. The lowest BCUT2D eigenvalue weighted by Crippen LogP contribution is -2.29. The van der Waals surface area contributed by atoms with Crippen molar-refractivity contribution in [1.29, 1.82) is 0 Å². The van der Waals surface area contributed by atoms with Crippen LogP contribution < -0.4 is 5.32 Å². The van der Waals surface area contributed by atoms with Crippen molar-refractivity contribution in [1.82, 2.24) is 4.98 Å². The van der Waals surface area contributed by atoms with Crippen molar-refractivity contribution in [2.45, 2.75) is 6.18 Å². The van der Waals surface area contributed by atoms with Gasteiger partial charge >= 0.3 is 12.1 Å². The highest BCUT2D eigenvalue weighted by molar-refractivity contribution is 5.93. The van der Waals surface area contributed by atoms with E-state index < -0.39 is 12.1 Å². The summed E-state index contributed by atoms with van der Waals surface area (Å²) in [5.41, 5.74) is 0. The van der Waals surface area contributed by atoms with Gasteiger partial charge in [0, 0.05) is 0 Å². The van der Waals surface area contributed by atoms with Gasteiger partial charge in [-0.1, -0.05) is 0 Å². The molecule has 0 bridgehead atoms. The number of amides is 1. The van der Waals surface area contributed by atoms with Gasteiger partial charge in [-0.2, -0.15) is 13.2 Å². The number of nitrogens with one attached hydrogen (secondary N) is 1. The molecule has 1 aromatic heterocycles. The van der Waals surface area contributed by atoms with Crippen LogP contribution in [-0.4, -0.2) is 17.1 Å². The van der Waals surface area contributed by atoms with E-state index in [-0.39, 0.29) is 5.88 Å². The second kappa shape index (κ2) is 2.84. The highest BCUT2D eigenvalue weighted by Crippen LogP contribution is 2.17. The fraction of sp³-hybridized carbons (Fsp3) is 0.200. The molecule has 0 fully saturated rings. The van der Waals surface area contributed by atoms with Gasteiger partial charge in [0.25, 0.3) is 0 Å². The summed E-state index contributed by atoms with van der Waals surface area (Å²) in [5.74, 6) is -2.42. The van der Waals surface area contributed by atoms with Gasteiger partial charge in [0.2, 0.25) is 5.88 Å². The van der Waals surface area contributed by atoms with Gasteiger partial charge in [-0.25, -0.2) is 4.98 Å². The van der Waals surface area contributed by atoms with Crippen LogP contribution in [0.5, 0.6) is 0 Å². The Hall–Kier alpha value is -1.53. The SMILES string of the molecule is O=C(Nc1cnco1)C(F)(F)F. The van der Waals surface area contributed by atoms with E-state index in [4.69, 9.17) is 0 Å². The van der Waals surface area contributed by atoms with Crippen LogP contribution in [0.25, 0.3) is 0 Å². The monoisotopic (exact) mass is 180 g/mol. The summed E-state index contributed by atoms with van der Waals surface area (Å²) in [4.78, 5) is 13.5. The summed E-state index contributed by atoms with van der Waals surface area (Å²) in [7, 11) is 0. The van der Waals surface area contributed by atoms with Crippen LogP contribution in [0.15, 0.2) is 17.0 Å². The topological polar surface area (TPSA) is 55.1 Å². The first-order valence-electron chi connectivity index (χ1n) is 2.77. The summed E-state index contributed by atoms with van der Waals surface area (Å²) in [6, 6.07) is 0. The van der Waals surface area contributed by atoms with Gasteiger partial charge < -0.3 is 4.42 Å². The first-order valence-corrected chi connectivity index (χ1v) is 2.77. The number of carbonyl (C=O) groups is 1. The van der Waals surface area contributed by atoms with Gasteiger partial charge in [-0.05, 0) is 0 Å². The minimum Gasteiger partial charge on any atom is -0.428 e. The number of hydrogen-bond acceptors (Lipinski definition) is 3. The Morgan fingerprint density at radius 2 is 2.25 bits per heavy atom. The van der Waals surface area contributed by atoms with E-state index in [0.717, 1.165) is 12.6 Å². The van der Waals surface area contributed by atoms with Gasteiger partial charge in [0.15, 0.2) is 6.39 Å². The second-order valence-electron chi connectivity index (χ2n) is 1.82. The predicted molar refractivity (Wildman–Crippen MR) is 31.2 cm³/mol. The summed E-state index contributed by atoms with van der Waals surface area (Å²) >= 11 is 0. The third-order valence-corrected chi connectivity index (χ3v) is 0.927. The van der Waals surface area contributed by atoms with E-state index in [1.807, 2.05) is 0 Å². The van der Waals surface area contributed by atoms with E-state index in [2.05, 4.69) is 9.40 Å². The standard InChI is InChI=1S/C5H3F3N2O2/c6-5(7,8)4(11)10-3-1-9-2-12-3/h1-2H,(H,10,11). The number of alkyl halides is 3. The van der Waals surface area contributed by atoms with E-state index in [1.54, 1.807) is 0 Å². The Labute approximate surface area is 64.4 Å². The molecule has 1 rings (SSSR count). The lowest BCUT2D eigenvalue weighted by molar-refractivity contribution is -0.167. The molecule has 12 heavy (non-hydrogen) atoms. The number of rotatable bonds is 1. The van der Waals surface area contributed by atoms with Crippen molar-refractivity contribution >= 4 is 11.8 Å². The maximum Gasteiger partial charge on any atom is 0.471 e. The fourth-order valence-electron chi connectivity index (χ4n) is 0.460. The maximum atomic E-state index is 11.6. The molecule has 0 radical (unpaired) electrons. The average Bonchev–Trinajstić information content (AvgIpc) is 2.37. The van der Waals surface area contributed by atoms with Gasteiger partial charge in [-0.3, -0.25) is 10.1 Å². The number of aromatic nitrogens is 1. The molecular weight excluding hydrogens is 177 g/mol. The maximum absolute atomic E-state index is 11.6. The highest BCUT2D eigenvalue weighted by Gasteiger charge is 2.39. The lowest BCUT2D eigenvalue weighted by atomic mass is 10.6. The lowest BCUT2D eigenvalue weighted by Gasteiger charge is -2.03. The molecule has 1 heterocycles. The molecule has 1 aromatic rings. The van der Waals surface area contributed by atoms with Gasteiger partial charge in [0.05, 0.1) is 6.20 Å². The molecule has 0 aliphatic heterocycles. The molecule has 1 N–H and O–H groups in total. The highest BCUT2D eigenvalue weighted by atomic mass is 19.4. The molecule has 66 valence electrons. The van der Waals surface area contributed by atoms with Crippen LogP contribution >= 0.6 is 0 Å². The Bertz CT molecular complexity index is 267. The Morgan fingerprint density at radius 3 is 2.67 bits per heavy atom. The zero-order valence-corrected chi connectivity index (χ0v) is 5.55. The smallest absolute Gasteiger partial charge is 0.428 e. The van der Waals surface area contributed by atoms with Crippen LogP contribution in [0, 0.1) is 0 Å². The van der Waals surface area contributed by atoms with Crippen molar-refractivity contribution in [2.75, 3.05) is 5.32 Å². The fourth-order valence-corrected chi connectivity index (χ4v) is 0.460. The zero-order chi connectivity index (χ0) is 9.19. The molecule has 0 saturated carbocycles. The van der Waals surface area contributed by atoms with Crippen molar-refractivity contribution in [3.8, 4) is 0 Å². The largest absolute Gasteiger partial charge is 0.471 e. The minimum absolute atomic E-state index is 0.336. The molecule has 0 saturated heterocycles. The number of nitrogens with zero attached hydrogens (tertiary/aromatic N) is 1. The first kappa shape index (κ1) is 8.57. The Kier molecular flexibility index (Phi) is 2.03. The van der Waals surface area contributed by atoms with E-state index in [9.17, 15) is 18.0 Å². The third kappa shape index (κ3) is 1.97. The molecule has 0 aliphatic rings. The summed E-state index contributed by atoms with van der Waals surface area (Å²) < 4.78 is 39.1. The van der Waals surface area contributed by atoms with Crippen LogP contribution in [-0.2, 0) is 4.79 Å². The molecule has 0 spiro atoms. The van der Waals surface area contributed by atoms with E-state index in [1.165, 1.54) is 5.32 Å². The molecule has 1 amide bonds. The average molecular weight is 180 g/mol. The molecule has 0 aromatic carbocycles. The molecule has 4 nitrogen and oxygen atoms in total. The minimum atomic E-state index is -4.91. The van der Waals surface area contributed by atoms with Gasteiger partial charge in [-0.15, -0.1) is 0 Å². The number of anilines is 1. The van der Waals surface area contributed by atoms with Crippen molar-refractivity contribution in [3.63, 3.8) is 0 Å². The molecule has 0 aliphatic carbocycles. The number of carbonyl (C=O) groups excluding carboxylic acids is 1. The van der Waals surface area contributed by atoms with Crippen molar-refractivity contribution < 1.29 is 22.4 Å². The number of oxazole rings is 1. The van der Waals surface area contributed by atoms with Crippen molar-refractivity contribution in [2.24, 2.45) is 0 Å². The van der Waals surface area contributed by atoms with Crippen LogP contribution in [0.3, 0.4) is 0 Å². The quantitative estimate of drug-likeness (QED) is 0.705. The van der Waals surface area contributed by atoms with E-state index >= 15 is 0 Å². The Morgan fingerprint density at radius 1 is 1.58 bits per heavy atom. The molecular formula is C5H3F3N2O2. The Balaban J connectivity index is 2.60. The molecule has 7 heteroatoms. The molecule has 0 atom stereocenters. The summed E-state index contributed by atoms with van der Waals surface area (Å²) in [6.07, 6.45) is -3.04. The van der Waals surface area contributed by atoms with Crippen LogP contribution in [0.1, 0.15) is 0 Å². The van der Waals surface area contributed by atoms with Crippen LogP contribution in [0.4, 0.5) is 19.1 Å². The molecule has 0 unspecified atom stereocenters. The van der Waals surface area contributed by atoms with Crippen LogP contribution in [0.2, 0.25) is 0 Å². The second-order valence-corrected chi connectivity index (χ2v) is 1.82. The van der Waals surface area contributed by atoms with Crippen molar-refractivity contribution in [3.05, 3.63) is 12.6 Å². The number of halogens is 3. The summed E-state index contributed by atoms with van der Waals surface area (Å²) in [5, 5.41) is 1.47. The first-order chi connectivity index (χ1) is 5.50. The zero-order valence-electron chi connectivity index (χ0n) is 5.55. The normalized spacial score (nSPS) is 11.2.